The third-order valence-electron chi connectivity index (χ3n) is 5.56. The van der Waals surface area contributed by atoms with E-state index in [1.165, 1.54) is 12.8 Å². The molecule has 0 aliphatic carbocycles. The van der Waals surface area contributed by atoms with Gasteiger partial charge in [-0.2, -0.15) is 0 Å². The molecule has 0 atom stereocenters. The van der Waals surface area contributed by atoms with Crippen LogP contribution in [0.25, 0.3) is 11.0 Å². The Balaban J connectivity index is 1.58. The molecule has 2 aliphatic heterocycles. The van der Waals surface area contributed by atoms with Crippen LogP contribution in [0.5, 0.6) is 0 Å². The van der Waals surface area contributed by atoms with E-state index in [-0.39, 0.29) is 5.43 Å². The van der Waals surface area contributed by atoms with Crippen LogP contribution in [0, 0.1) is 12.3 Å². The standard InChI is InChI=1S/C19H23NO3/c1-14-2-3-17-15(12-14)16(21)13-18(23-17)20-8-4-19(5-9-20)6-10-22-11-7-19/h2-3,12-13H,4-11H2,1H3. The molecule has 4 nitrogen and oxygen atoms in total. The van der Waals surface area contributed by atoms with Crippen molar-refractivity contribution in [1.82, 2.24) is 0 Å². The third-order valence-corrected chi connectivity index (χ3v) is 5.56. The summed E-state index contributed by atoms with van der Waals surface area (Å²) in [5.41, 5.74) is 2.26. The maximum absolute atomic E-state index is 12.4. The lowest BCUT2D eigenvalue weighted by Gasteiger charge is -2.44. The minimum absolute atomic E-state index is 0.0521. The van der Waals surface area contributed by atoms with Gasteiger partial charge in [-0.1, -0.05) is 11.6 Å². The van der Waals surface area contributed by atoms with Crippen molar-refractivity contribution in [2.75, 3.05) is 31.2 Å². The zero-order chi connectivity index (χ0) is 15.9. The zero-order valence-corrected chi connectivity index (χ0v) is 13.6. The van der Waals surface area contributed by atoms with Crippen LogP contribution in [0.4, 0.5) is 5.88 Å². The largest absolute Gasteiger partial charge is 0.440 e. The molecule has 0 saturated carbocycles. The van der Waals surface area contributed by atoms with Gasteiger partial charge in [0, 0.05) is 32.4 Å². The van der Waals surface area contributed by atoms with E-state index in [2.05, 4.69) is 4.90 Å². The fourth-order valence-corrected chi connectivity index (χ4v) is 3.92. The van der Waals surface area contributed by atoms with Crippen LogP contribution in [0.3, 0.4) is 0 Å². The lowest BCUT2D eigenvalue weighted by atomic mass is 9.72. The number of rotatable bonds is 1. The number of benzene rings is 1. The van der Waals surface area contributed by atoms with Crippen molar-refractivity contribution >= 4 is 16.9 Å². The Morgan fingerprint density at radius 3 is 2.52 bits per heavy atom. The van der Waals surface area contributed by atoms with Gasteiger partial charge in [0.25, 0.3) is 0 Å². The van der Waals surface area contributed by atoms with Gasteiger partial charge in [-0.05, 0) is 50.2 Å². The predicted octanol–water partition coefficient (Wildman–Crippen LogP) is 3.50. The van der Waals surface area contributed by atoms with Crippen molar-refractivity contribution < 1.29 is 9.15 Å². The minimum atomic E-state index is 0.0521. The van der Waals surface area contributed by atoms with Crippen molar-refractivity contribution in [2.24, 2.45) is 5.41 Å². The van der Waals surface area contributed by atoms with Gasteiger partial charge in [-0.25, -0.2) is 0 Å². The molecule has 23 heavy (non-hydrogen) atoms. The first-order chi connectivity index (χ1) is 11.2. The van der Waals surface area contributed by atoms with Crippen molar-refractivity contribution in [1.29, 1.82) is 0 Å². The van der Waals surface area contributed by atoms with E-state index in [1.807, 2.05) is 25.1 Å². The zero-order valence-electron chi connectivity index (χ0n) is 13.6. The second-order valence-corrected chi connectivity index (χ2v) is 7.05. The topological polar surface area (TPSA) is 42.7 Å². The van der Waals surface area contributed by atoms with Crippen LogP contribution in [-0.4, -0.2) is 26.3 Å². The van der Waals surface area contributed by atoms with E-state index in [9.17, 15) is 4.79 Å². The van der Waals surface area contributed by atoms with Crippen molar-refractivity contribution in [3.05, 3.63) is 40.1 Å². The minimum Gasteiger partial charge on any atom is -0.440 e. The summed E-state index contributed by atoms with van der Waals surface area (Å²) in [5.74, 6) is 0.716. The highest BCUT2D eigenvalue weighted by molar-refractivity contribution is 5.78. The Morgan fingerprint density at radius 1 is 1.04 bits per heavy atom. The van der Waals surface area contributed by atoms with Crippen LogP contribution >= 0.6 is 0 Å². The Bertz CT molecular complexity index is 764. The first-order valence-corrected chi connectivity index (χ1v) is 8.53. The molecule has 2 aromatic rings. The molecular formula is C19H23NO3. The highest BCUT2D eigenvalue weighted by Crippen LogP contribution is 2.41. The molecule has 2 saturated heterocycles. The van der Waals surface area contributed by atoms with Gasteiger partial charge in [0.05, 0.1) is 5.39 Å². The summed E-state index contributed by atoms with van der Waals surface area (Å²) in [6.45, 7) is 5.69. The molecule has 1 spiro atoms. The van der Waals surface area contributed by atoms with E-state index in [4.69, 9.17) is 9.15 Å². The number of nitrogens with zero attached hydrogens (tertiary/aromatic N) is 1. The number of piperidine rings is 1. The average molecular weight is 313 g/mol. The average Bonchev–Trinajstić information content (AvgIpc) is 2.57. The van der Waals surface area contributed by atoms with Gasteiger partial charge in [-0.15, -0.1) is 0 Å². The number of fused-ring (bicyclic) bond motifs is 1. The third kappa shape index (κ3) is 2.76. The number of hydrogen-bond donors (Lipinski definition) is 0. The van der Waals surface area contributed by atoms with Crippen LogP contribution in [0.1, 0.15) is 31.2 Å². The maximum atomic E-state index is 12.4. The number of aryl methyl sites for hydroxylation is 1. The summed E-state index contributed by atoms with van der Waals surface area (Å²) in [7, 11) is 0. The quantitative estimate of drug-likeness (QED) is 0.808. The molecule has 0 radical (unpaired) electrons. The van der Waals surface area contributed by atoms with Crippen molar-refractivity contribution in [3.8, 4) is 0 Å². The first-order valence-electron chi connectivity index (χ1n) is 8.53. The fourth-order valence-electron chi connectivity index (χ4n) is 3.92. The van der Waals surface area contributed by atoms with Crippen LogP contribution in [0.2, 0.25) is 0 Å². The molecular weight excluding hydrogens is 290 g/mol. The normalized spacial score (nSPS) is 21.0. The van der Waals surface area contributed by atoms with E-state index < -0.39 is 0 Å². The summed E-state index contributed by atoms with van der Waals surface area (Å²) < 4.78 is 11.5. The monoisotopic (exact) mass is 313 g/mol. The Hall–Kier alpha value is -1.81. The van der Waals surface area contributed by atoms with E-state index >= 15 is 0 Å². The molecule has 2 fully saturated rings. The number of hydrogen-bond acceptors (Lipinski definition) is 4. The van der Waals surface area contributed by atoms with Gasteiger partial charge >= 0.3 is 0 Å². The summed E-state index contributed by atoms with van der Waals surface area (Å²) in [4.78, 5) is 14.6. The number of anilines is 1. The van der Waals surface area contributed by atoms with Crippen LogP contribution < -0.4 is 10.3 Å². The second-order valence-electron chi connectivity index (χ2n) is 7.05. The Morgan fingerprint density at radius 2 is 1.78 bits per heavy atom. The first kappa shape index (κ1) is 14.8. The lowest BCUT2D eigenvalue weighted by Crippen LogP contribution is -2.43. The summed E-state index contributed by atoms with van der Waals surface area (Å²) >= 11 is 0. The molecule has 122 valence electrons. The van der Waals surface area contributed by atoms with Gasteiger partial charge in [0.15, 0.2) is 11.3 Å². The summed E-state index contributed by atoms with van der Waals surface area (Å²) in [6.07, 6.45) is 4.65. The van der Waals surface area contributed by atoms with E-state index in [0.717, 1.165) is 44.7 Å². The van der Waals surface area contributed by atoms with Gasteiger partial charge in [-0.3, -0.25) is 4.79 Å². The predicted molar refractivity (Wildman–Crippen MR) is 91.2 cm³/mol. The van der Waals surface area contributed by atoms with Gasteiger partial charge in [0.1, 0.15) is 5.58 Å². The molecule has 4 heteroatoms. The maximum Gasteiger partial charge on any atom is 0.199 e. The summed E-state index contributed by atoms with van der Waals surface area (Å²) in [5, 5.41) is 0.673. The molecule has 0 amide bonds. The molecule has 4 rings (SSSR count). The summed E-state index contributed by atoms with van der Waals surface area (Å²) in [6, 6.07) is 7.45. The molecule has 0 N–H and O–H groups in total. The fraction of sp³-hybridized carbons (Fsp3) is 0.526. The lowest BCUT2D eigenvalue weighted by molar-refractivity contribution is 0.00182. The molecule has 2 aliphatic rings. The molecule has 1 aromatic heterocycles. The molecule has 3 heterocycles. The second kappa shape index (κ2) is 5.68. The highest BCUT2D eigenvalue weighted by Gasteiger charge is 2.36. The van der Waals surface area contributed by atoms with E-state index in [1.54, 1.807) is 6.07 Å². The van der Waals surface area contributed by atoms with Crippen LogP contribution in [-0.2, 0) is 4.74 Å². The van der Waals surface area contributed by atoms with Gasteiger partial charge < -0.3 is 14.1 Å². The number of ether oxygens (including phenoxy) is 1. The SMILES string of the molecule is Cc1ccc2oc(N3CCC4(CCOCC4)CC3)cc(=O)c2c1. The van der Waals surface area contributed by atoms with Crippen LogP contribution in [0.15, 0.2) is 33.5 Å². The molecule has 0 bridgehead atoms. The molecule has 0 unspecified atom stereocenters. The van der Waals surface area contributed by atoms with Gasteiger partial charge in [0.2, 0.25) is 0 Å². The molecule has 1 aromatic carbocycles. The van der Waals surface area contributed by atoms with Crippen molar-refractivity contribution in [2.45, 2.75) is 32.6 Å². The Labute approximate surface area is 136 Å². The smallest absolute Gasteiger partial charge is 0.199 e. The van der Waals surface area contributed by atoms with E-state index in [0.29, 0.717) is 22.3 Å². The Kier molecular flexibility index (Phi) is 3.64. The highest BCUT2D eigenvalue weighted by atomic mass is 16.5. The van der Waals surface area contributed by atoms with Crippen molar-refractivity contribution in [3.63, 3.8) is 0 Å².